The van der Waals surface area contributed by atoms with Crippen LogP contribution in [-0.4, -0.2) is 37.7 Å². The van der Waals surface area contributed by atoms with E-state index in [1.54, 1.807) is 7.05 Å². The molecule has 0 aromatic rings. The molecule has 0 aromatic carbocycles. The van der Waals surface area contributed by atoms with E-state index in [-0.39, 0.29) is 11.9 Å². The van der Waals surface area contributed by atoms with Crippen molar-refractivity contribution in [3.63, 3.8) is 0 Å². The van der Waals surface area contributed by atoms with Crippen molar-refractivity contribution in [3.05, 3.63) is 0 Å². The molecule has 0 rings (SSSR count). The van der Waals surface area contributed by atoms with Gasteiger partial charge in [0.15, 0.2) is 0 Å². The maximum atomic E-state index is 12.0. The Morgan fingerprint density at radius 1 is 0.550 bits per heavy atom. The number of nitrogens with zero attached hydrogens (tertiary/aromatic N) is 1. The number of rotatable bonds is 31. The van der Waals surface area contributed by atoms with Crippen molar-refractivity contribution in [3.8, 4) is 0 Å². The zero-order valence-corrected chi connectivity index (χ0v) is 27.5. The maximum absolute atomic E-state index is 12.0. The Morgan fingerprint density at radius 3 is 1.38 bits per heavy atom. The van der Waals surface area contributed by atoms with E-state index < -0.39 is 0 Å². The summed E-state index contributed by atoms with van der Waals surface area (Å²) >= 11 is 0. The lowest BCUT2D eigenvalue weighted by molar-refractivity contribution is -0.168. The monoisotopic (exact) mass is 568 g/mol. The molecule has 1 amide bonds. The van der Waals surface area contributed by atoms with Gasteiger partial charge < -0.3 is 4.74 Å². The van der Waals surface area contributed by atoms with Gasteiger partial charge in [0.25, 0.3) is 0 Å². The van der Waals surface area contributed by atoms with Gasteiger partial charge >= 0.3 is 5.97 Å². The summed E-state index contributed by atoms with van der Waals surface area (Å²) in [5.74, 6) is 0.525. The zero-order chi connectivity index (χ0) is 29.5. The highest BCUT2D eigenvalue weighted by Crippen LogP contribution is 2.24. The Labute approximate surface area is 249 Å². The molecule has 0 radical (unpaired) electrons. The molecule has 40 heavy (non-hydrogen) atoms. The number of hydrogen-bond acceptors (Lipinski definition) is 4. The van der Waals surface area contributed by atoms with Crippen LogP contribution in [0.25, 0.3) is 0 Å². The minimum absolute atomic E-state index is 0.116. The molecular formula is C35H69NO4. The van der Waals surface area contributed by atoms with Crippen LogP contribution in [0.3, 0.4) is 0 Å². The van der Waals surface area contributed by atoms with E-state index in [4.69, 9.17) is 9.57 Å². The number of ether oxygens (including phenoxy) is 1. The fourth-order valence-corrected chi connectivity index (χ4v) is 5.53. The Hall–Kier alpha value is -1.10. The number of unbranched alkanes of at least 4 members (excludes halogenated alkanes) is 18. The van der Waals surface area contributed by atoms with Crippen LogP contribution >= 0.6 is 0 Å². The fraction of sp³-hybridized carbons (Fsp3) is 0.943. The quantitative estimate of drug-likeness (QED) is 0.0475. The van der Waals surface area contributed by atoms with Gasteiger partial charge in [0.1, 0.15) is 0 Å². The molecule has 0 aromatic heterocycles. The first-order valence-corrected chi connectivity index (χ1v) is 17.5. The highest BCUT2D eigenvalue weighted by atomic mass is 16.7. The van der Waals surface area contributed by atoms with Crippen molar-refractivity contribution < 1.29 is 19.2 Å². The second kappa shape index (κ2) is 30.8. The molecular weight excluding hydrogens is 498 g/mol. The number of hydroxylamine groups is 2. The van der Waals surface area contributed by atoms with E-state index in [1.807, 2.05) is 0 Å². The van der Waals surface area contributed by atoms with E-state index in [9.17, 15) is 9.59 Å². The van der Waals surface area contributed by atoms with E-state index in [0.29, 0.717) is 25.9 Å². The van der Waals surface area contributed by atoms with Gasteiger partial charge in [-0.2, -0.15) is 0 Å². The van der Waals surface area contributed by atoms with E-state index in [1.165, 1.54) is 153 Å². The van der Waals surface area contributed by atoms with Crippen molar-refractivity contribution in [1.82, 2.24) is 5.06 Å². The molecule has 5 heteroatoms. The summed E-state index contributed by atoms with van der Waals surface area (Å²) in [5.41, 5.74) is 0. The molecule has 5 nitrogen and oxygen atoms in total. The van der Waals surface area contributed by atoms with Crippen LogP contribution in [0, 0.1) is 5.92 Å². The van der Waals surface area contributed by atoms with Crippen molar-refractivity contribution in [2.45, 2.75) is 187 Å². The van der Waals surface area contributed by atoms with Gasteiger partial charge in [0.05, 0.1) is 13.7 Å². The van der Waals surface area contributed by atoms with Gasteiger partial charge in [-0.25, -0.2) is 5.06 Å². The first kappa shape index (κ1) is 38.9. The summed E-state index contributed by atoms with van der Waals surface area (Å²) in [5, 5.41) is 1.20. The second-order valence-electron chi connectivity index (χ2n) is 12.1. The number of amides is 1. The molecule has 238 valence electrons. The third-order valence-corrected chi connectivity index (χ3v) is 8.35. The lowest BCUT2D eigenvalue weighted by atomic mass is 9.90. The highest BCUT2D eigenvalue weighted by Gasteiger charge is 2.11. The van der Waals surface area contributed by atoms with E-state index >= 15 is 0 Å². The maximum Gasteiger partial charge on any atom is 0.305 e. The average molecular weight is 568 g/mol. The van der Waals surface area contributed by atoms with Gasteiger partial charge in [-0.3, -0.25) is 14.4 Å². The standard InChI is InChI=1S/C35H69NO4/c1-5-7-9-11-13-14-15-16-17-18-19-21-23-28-33(27-22-20-12-10-8-6-2)29-24-25-32-40-35(38)31-26-30-34(37)36(3)39-4/h33H,5-32H2,1-4H3. The molecule has 0 saturated carbocycles. The van der Waals surface area contributed by atoms with Crippen LogP contribution in [-0.2, 0) is 19.2 Å². The summed E-state index contributed by atoms with van der Waals surface area (Å²) in [6.45, 7) is 5.08. The lowest BCUT2D eigenvalue weighted by Crippen LogP contribution is -2.25. The molecule has 0 fully saturated rings. The van der Waals surface area contributed by atoms with Crippen molar-refractivity contribution >= 4 is 11.9 Å². The van der Waals surface area contributed by atoms with Gasteiger partial charge in [-0.15, -0.1) is 0 Å². The van der Waals surface area contributed by atoms with Crippen LogP contribution in [0.1, 0.15) is 187 Å². The average Bonchev–Trinajstić information content (AvgIpc) is 2.96. The molecule has 0 spiro atoms. The van der Waals surface area contributed by atoms with Crippen molar-refractivity contribution in [1.29, 1.82) is 0 Å². The Kier molecular flexibility index (Phi) is 30.0. The summed E-state index contributed by atoms with van der Waals surface area (Å²) in [7, 11) is 3.04. The zero-order valence-electron chi connectivity index (χ0n) is 27.5. The second-order valence-corrected chi connectivity index (χ2v) is 12.1. The minimum atomic E-state index is -0.191. The molecule has 0 aliphatic heterocycles. The number of carbonyl (C=O) groups excluding carboxylic acids is 2. The number of carbonyl (C=O) groups is 2. The Bertz CT molecular complexity index is 554. The van der Waals surface area contributed by atoms with Crippen LogP contribution in [0.5, 0.6) is 0 Å². The van der Waals surface area contributed by atoms with Crippen molar-refractivity contribution in [2.24, 2.45) is 5.92 Å². The molecule has 0 saturated heterocycles. The summed E-state index contributed by atoms with van der Waals surface area (Å²) in [6.07, 6.45) is 33.8. The fourth-order valence-electron chi connectivity index (χ4n) is 5.53. The SMILES string of the molecule is CCCCCCCCCCCCCCCC(CCCCCCCC)CCCCOC(=O)CCCC(=O)N(C)OC. The number of hydrogen-bond donors (Lipinski definition) is 0. The van der Waals surface area contributed by atoms with Crippen LogP contribution in [0.4, 0.5) is 0 Å². The predicted molar refractivity (Wildman–Crippen MR) is 170 cm³/mol. The molecule has 0 aliphatic carbocycles. The van der Waals surface area contributed by atoms with Gasteiger partial charge in [-0.05, 0) is 25.2 Å². The van der Waals surface area contributed by atoms with Crippen LogP contribution < -0.4 is 0 Å². The van der Waals surface area contributed by atoms with Crippen LogP contribution in [0.2, 0.25) is 0 Å². The Balaban J connectivity index is 3.97. The summed E-state index contributed by atoms with van der Waals surface area (Å²) in [4.78, 5) is 28.6. The molecule has 0 aliphatic rings. The molecule has 1 atom stereocenters. The predicted octanol–water partition coefficient (Wildman–Crippen LogP) is 10.7. The molecule has 0 heterocycles. The van der Waals surface area contributed by atoms with Gasteiger partial charge in [0, 0.05) is 19.9 Å². The summed E-state index contributed by atoms with van der Waals surface area (Å²) < 4.78 is 5.42. The normalized spacial score (nSPS) is 12.0. The number of esters is 1. The smallest absolute Gasteiger partial charge is 0.305 e. The van der Waals surface area contributed by atoms with E-state index in [2.05, 4.69) is 13.8 Å². The largest absolute Gasteiger partial charge is 0.466 e. The molecule has 0 bridgehead atoms. The highest BCUT2D eigenvalue weighted by molar-refractivity contribution is 5.76. The van der Waals surface area contributed by atoms with E-state index in [0.717, 1.165) is 18.8 Å². The molecule has 0 N–H and O–H groups in total. The van der Waals surface area contributed by atoms with Gasteiger partial charge in [-0.1, -0.05) is 155 Å². The lowest BCUT2D eigenvalue weighted by Gasteiger charge is -2.17. The van der Waals surface area contributed by atoms with Crippen molar-refractivity contribution in [2.75, 3.05) is 20.8 Å². The third-order valence-electron chi connectivity index (χ3n) is 8.35. The summed E-state index contributed by atoms with van der Waals surface area (Å²) in [6, 6.07) is 0. The first-order chi connectivity index (χ1) is 19.5. The third kappa shape index (κ3) is 27.1. The Morgan fingerprint density at radius 2 is 0.950 bits per heavy atom. The first-order valence-electron chi connectivity index (χ1n) is 17.5. The minimum Gasteiger partial charge on any atom is -0.466 e. The van der Waals surface area contributed by atoms with Gasteiger partial charge in [0.2, 0.25) is 5.91 Å². The van der Waals surface area contributed by atoms with Crippen LogP contribution in [0.15, 0.2) is 0 Å². The topological polar surface area (TPSA) is 55.8 Å². The molecule has 1 unspecified atom stereocenters.